The molecule has 1 aliphatic rings. The van der Waals surface area contributed by atoms with Crippen LogP contribution < -0.4 is 16.4 Å². The van der Waals surface area contributed by atoms with Gasteiger partial charge in [0.2, 0.25) is 11.8 Å². The van der Waals surface area contributed by atoms with Crippen molar-refractivity contribution >= 4 is 11.8 Å². The number of hydrogen-bond donors (Lipinski definition) is 3. The molecule has 0 radical (unpaired) electrons. The second-order valence-corrected chi connectivity index (χ2v) is 4.73. The summed E-state index contributed by atoms with van der Waals surface area (Å²) in [5.74, 6) is -0.164. The molecule has 5 heteroatoms. The highest BCUT2D eigenvalue weighted by Gasteiger charge is 2.26. The van der Waals surface area contributed by atoms with Crippen molar-refractivity contribution in [2.45, 2.75) is 31.8 Å². The van der Waals surface area contributed by atoms with Crippen LogP contribution in [0.25, 0.3) is 0 Å². The molecule has 1 fully saturated rings. The van der Waals surface area contributed by atoms with E-state index in [9.17, 15) is 9.59 Å². The Kier molecular flexibility index (Phi) is 4.52. The topological polar surface area (TPSA) is 84.2 Å². The summed E-state index contributed by atoms with van der Waals surface area (Å²) < 4.78 is 0. The number of benzene rings is 1. The average Bonchev–Trinajstić information content (AvgIpc) is 2.85. The van der Waals surface area contributed by atoms with Gasteiger partial charge >= 0.3 is 0 Å². The third-order valence-electron chi connectivity index (χ3n) is 3.23. The van der Waals surface area contributed by atoms with Crippen LogP contribution in [0.4, 0.5) is 0 Å². The van der Waals surface area contributed by atoms with E-state index >= 15 is 0 Å². The molecule has 0 spiro atoms. The standard InChI is InChI=1S/C14H19N3O2/c15-8-7-10-1-3-11(4-2-10)9-16-14(19)12-5-6-13(18)17-12/h1-4,12H,5-9,15H2,(H,16,19)(H,17,18)/t12-/m1/s1. The highest BCUT2D eigenvalue weighted by atomic mass is 16.2. The molecular weight excluding hydrogens is 242 g/mol. The van der Waals surface area contributed by atoms with Gasteiger partial charge in [0, 0.05) is 13.0 Å². The summed E-state index contributed by atoms with van der Waals surface area (Å²) in [6, 6.07) is 7.64. The zero-order valence-corrected chi connectivity index (χ0v) is 10.8. The first-order valence-corrected chi connectivity index (χ1v) is 6.54. The lowest BCUT2D eigenvalue weighted by Gasteiger charge is -2.11. The van der Waals surface area contributed by atoms with E-state index in [1.807, 2.05) is 24.3 Å². The molecule has 1 aliphatic heterocycles. The van der Waals surface area contributed by atoms with Gasteiger partial charge in [-0.1, -0.05) is 24.3 Å². The van der Waals surface area contributed by atoms with Crippen molar-refractivity contribution in [1.82, 2.24) is 10.6 Å². The molecule has 2 amide bonds. The Balaban J connectivity index is 1.81. The number of carbonyl (C=O) groups is 2. The summed E-state index contributed by atoms with van der Waals surface area (Å²) in [4.78, 5) is 22.8. The van der Waals surface area contributed by atoms with Gasteiger partial charge < -0.3 is 16.4 Å². The van der Waals surface area contributed by atoms with E-state index in [1.165, 1.54) is 5.56 Å². The summed E-state index contributed by atoms with van der Waals surface area (Å²) in [6.07, 6.45) is 1.88. The van der Waals surface area contributed by atoms with Crippen LogP contribution in [0.5, 0.6) is 0 Å². The maximum atomic E-state index is 11.8. The van der Waals surface area contributed by atoms with Crippen LogP contribution in [0.2, 0.25) is 0 Å². The molecule has 1 saturated heterocycles. The SMILES string of the molecule is NCCc1ccc(CNC(=O)[C@H]2CCC(=O)N2)cc1. The number of nitrogens with one attached hydrogen (secondary N) is 2. The van der Waals surface area contributed by atoms with E-state index in [0.29, 0.717) is 25.9 Å². The number of amides is 2. The minimum Gasteiger partial charge on any atom is -0.350 e. The van der Waals surface area contributed by atoms with Crippen molar-refractivity contribution in [3.8, 4) is 0 Å². The lowest BCUT2D eigenvalue weighted by Crippen LogP contribution is -2.41. The molecule has 5 nitrogen and oxygen atoms in total. The molecule has 4 N–H and O–H groups in total. The van der Waals surface area contributed by atoms with E-state index in [4.69, 9.17) is 5.73 Å². The zero-order valence-electron chi connectivity index (χ0n) is 10.8. The fourth-order valence-electron chi connectivity index (χ4n) is 2.11. The lowest BCUT2D eigenvalue weighted by molar-refractivity contribution is -0.125. The van der Waals surface area contributed by atoms with Crippen LogP contribution >= 0.6 is 0 Å². The van der Waals surface area contributed by atoms with E-state index in [1.54, 1.807) is 0 Å². The normalized spacial score (nSPS) is 18.2. The maximum absolute atomic E-state index is 11.8. The van der Waals surface area contributed by atoms with Crippen molar-refractivity contribution in [3.05, 3.63) is 35.4 Å². The number of hydrogen-bond acceptors (Lipinski definition) is 3. The molecule has 0 aliphatic carbocycles. The second kappa shape index (κ2) is 6.33. The Morgan fingerprint density at radius 3 is 2.58 bits per heavy atom. The molecule has 19 heavy (non-hydrogen) atoms. The van der Waals surface area contributed by atoms with Crippen molar-refractivity contribution < 1.29 is 9.59 Å². The zero-order chi connectivity index (χ0) is 13.7. The predicted molar refractivity (Wildman–Crippen MR) is 72.2 cm³/mol. The monoisotopic (exact) mass is 261 g/mol. The fourth-order valence-corrected chi connectivity index (χ4v) is 2.11. The van der Waals surface area contributed by atoms with Crippen molar-refractivity contribution in [1.29, 1.82) is 0 Å². The minimum atomic E-state index is -0.371. The molecule has 1 heterocycles. The first-order valence-electron chi connectivity index (χ1n) is 6.54. The highest BCUT2D eigenvalue weighted by Crippen LogP contribution is 2.08. The first-order chi connectivity index (χ1) is 9.19. The summed E-state index contributed by atoms with van der Waals surface area (Å²) in [7, 11) is 0. The van der Waals surface area contributed by atoms with E-state index in [-0.39, 0.29) is 17.9 Å². The number of carbonyl (C=O) groups excluding carboxylic acids is 2. The van der Waals surface area contributed by atoms with Crippen LogP contribution in [-0.2, 0) is 22.6 Å². The number of nitrogens with two attached hydrogens (primary N) is 1. The van der Waals surface area contributed by atoms with Crippen LogP contribution in [-0.4, -0.2) is 24.4 Å². The van der Waals surface area contributed by atoms with E-state index in [2.05, 4.69) is 10.6 Å². The molecular formula is C14H19N3O2. The van der Waals surface area contributed by atoms with Crippen LogP contribution in [0.15, 0.2) is 24.3 Å². The second-order valence-electron chi connectivity index (χ2n) is 4.73. The Morgan fingerprint density at radius 2 is 2.00 bits per heavy atom. The van der Waals surface area contributed by atoms with Gasteiger partial charge in [0.25, 0.3) is 0 Å². The molecule has 0 unspecified atom stereocenters. The van der Waals surface area contributed by atoms with Crippen LogP contribution in [0.1, 0.15) is 24.0 Å². The molecule has 102 valence electrons. The van der Waals surface area contributed by atoms with Crippen LogP contribution in [0.3, 0.4) is 0 Å². The van der Waals surface area contributed by atoms with Crippen LogP contribution in [0, 0.1) is 0 Å². The fraction of sp³-hybridized carbons (Fsp3) is 0.429. The average molecular weight is 261 g/mol. The maximum Gasteiger partial charge on any atom is 0.242 e. The van der Waals surface area contributed by atoms with Gasteiger partial charge in [-0.25, -0.2) is 0 Å². The smallest absolute Gasteiger partial charge is 0.242 e. The summed E-state index contributed by atoms with van der Waals surface area (Å²) in [6.45, 7) is 1.12. The third-order valence-corrected chi connectivity index (χ3v) is 3.23. The first kappa shape index (κ1) is 13.5. The van der Waals surface area contributed by atoms with Gasteiger partial charge in [-0.15, -0.1) is 0 Å². The van der Waals surface area contributed by atoms with Gasteiger partial charge in [-0.3, -0.25) is 9.59 Å². The quantitative estimate of drug-likeness (QED) is 0.702. The minimum absolute atomic E-state index is 0.0497. The van der Waals surface area contributed by atoms with Gasteiger partial charge in [0.15, 0.2) is 0 Å². The molecule has 0 aromatic heterocycles. The third kappa shape index (κ3) is 3.79. The van der Waals surface area contributed by atoms with Gasteiger partial charge in [-0.2, -0.15) is 0 Å². The largest absolute Gasteiger partial charge is 0.350 e. The molecule has 0 bridgehead atoms. The summed E-state index contributed by atoms with van der Waals surface area (Å²) >= 11 is 0. The Hall–Kier alpha value is -1.88. The summed E-state index contributed by atoms with van der Waals surface area (Å²) in [5.41, 5.74) is 7.72. The Labute approximate surface area is 112 Å². The van der Waals surface area contributed by atoms with Crippen molar-refractivity contribution in [2.24, 2.45) is 5.73 Å². The Morgan fingerprint density at radius 1 is 1.32 bits per heavy atom. The van der Waals surface area contributed by atoms with E-state index < -0.39 is 0 Å². The van der Waals surface area contributed by atoms with Gasteiger partial charge in [-0.05, 0) is 30.5 Å². The van der Waals surface area contributed by atoms with Crippen molar-refractivity contribution in [3.63, 3.8) is 0 Å². The predicted octanol–water partition coefficient (Wildman–Crippen LogP) is 0.0826. The lowest BCUT2D eigenvalue weighted by atomic mass is 10.1. The Bertz CT molecular complexity index is 456. The van der Waals surface area contributed by atoms with Crippen molar-refractivity contribution in [2.75, 3.05) is 6.54 Å². The molecule has 1 atom stereocenters. The molecule has 0 saturated carbocycles. The molecule has 1 aromatic carbocycles. The van der Waals surface area contributed by atoms with E-state index in [0.717, 1.165) is 12.0 Å². The van der Waals surface area contributed by atoms with Gasteiger partial charge in [0.1, 0.15) is 6.04 Å². The summed E-state index contributed by atoms with van der Waals surface area (Å²) in [5, 5.41) is 5.49. The number of rotatable bonds is 5. The molecule has 1 aromatic rings. The van der Waals surface area contributed by atoms with Gasteiger partial charge in [0.05, 0.1) is 0 Å². The molecule has 2 rings (SSSR count). The highest BCUT2D eigenvalue weighted by molar-refractivity contribution is 5.90.